The Morgan fingerprint density at radius 1 is 1.32 bits per heavy atom. The molecule has 0 saturated carbocycles. The monoisotopic (exact) mass is 460 g/mol. The fraction of sp³-hybridized carbons (Fsp3) is 0.667. The van der Waals surface area contributed by atoms with Gasteiger partial charge in [-0.2, -0.15) is 0 Å². The summed E-state index contributed by atoms with van der Waals surface area (Å²) in [4.78, 5) is 16.0. The van der Waals surface area contributed by atoms with Crippen molar-refractivity contribution in [2.75, 3.05) is 58.3 Å². The Balaban J connectivity index is 0.00000312. The molecule has 7 heteroatoms. The Hall–Kier alpha value is -1.09. The molecule has 1 atom stereocenters. The lowest BCUT2D eigenvalue weighted by Crippen LogP contribution is -2.53. The number of aromatic nitrogens is 1. The Morgan fingerprint density at radius 2 is 2.04 bits per heavy atom. The van der Waals surface area contributed by atoms with Gasteiger partial charge >= 0.3 is 0 Å². The first-order valence-corrected chi connectivity index (χ1v) is 8.97. The molecule has 0 spiro atoms. The molecule has 0 radical (unpaired) electrons. The third-order valence-electron chi connectivity index (χ3n) is 4.86. The number of likely N-dealkylation sites (N-methyl/N-ethyl adjacent to an activating group) is 1. The SMILES string of the molecule is CCC(C)N(C)CCNC(=NC)N1CCN(c2ccccn2)CC1.I. The van der Waals surface area contributed by atoms with E-state index in [1.807, 2.05) is 25.4 Å². The van der Waals surface area contributed by atoms with Gasteiger partial charge in [0.15, 0.2) is 5.96 Å². The van der Waals surface area contributed by atoms with Crippen LogP contribution in [0.5, 0.6) is 0 Å². The second-order valence-electron chi connectivity index (χ2n) is 6.37. The van der Waals surface area contributed by atoms with Crippen molar-refractivity contribution in [2.24, 2.45) is 4.99 Å². The topological polar surface area (TPSA) is 47.0 Å². The van der Waals surface area contributed by atoms with Crippen LogP contribution in [0.25, 0.3) is 0 Å². The zero-order valence-corrected chi connectivity index (χ0v) is 18.3. The van der Waals surface area contributed by atoms with Gasteiger partial charge in [-0.25, -0.2) is 4.98 Å². The standard InChI is InChI=1S/C18H32N6.HI/c1-5-16(2)22(4)11-10-21-18(19-3)24-14-12-23(13-15-24)17-8-6-7-9-20-17;/h6-9,16H,5,10-15H2,1-4H3,(H,19,21);1H. The molecule has 2 rings (SSSR count). The maximum absolute atomic E-state index is 4.45. The minimum atomic E-state index is 0. The van der Waals surface area contributed by atoms with Crippen molar-refractivity contribution in [1.29, 1.82) is 0 Å². The highest BCUT2D eigenvalue weighted by Crippen LogP contribution is 2.12. The molecule has 1 aliphatic heterocycles. The van der Waals surface area contributed by atoms with E-state index < -0.39 is 0 Å². The predicted octanol–water partition coefficient (Wildman–Crippen LogP) is 2.13. The number of guanidine groups is 1. The van der Waals surface area contributed by atoms with Gasteiger partial charge in [0.05, 0.1) is 0 Å². The van der Waals surface area contributed by atoms with E-state index in [-0.39, 0.29) is 24.0 Å². The van der Waals surface area contributed by atoms with Crippen LogP contribution in [0.1, 0.15) is 20.3 Å². The molecule has 0 amide bonds. The summed E-state index contributed by atoms with van der Waals surface area (Å²) in [7, 11) is 4.05. The minimum Gasteiger partial charge on any atom is -0.355 e. The van der Waals surface area contributed by atoms with E-state index in [4.69, 9.17) is 0 Å². The van der Waals surface area contributed by atoms with E-state index in [9.17, 15) is 0 Å². The van der Waals surface area contributed by atoms with Crippen LogP contribution in [0.2, 0.25) is 0 Å². The van der Waals surface area contributed by atoms with Crippen molar-refractivity contribution in [3.05, 3.63) is 24.4 Å². The molecule has 1 aromatic heterocycles. The number of pyridine rings is 1. The molecule has 1 aromatic rings. The van der Waals surface area contributed by atoms with Crippen molar-refractivity contribution in [3.63, 3.8) is 0 Å². The summed E-state index contributed by atoms with van der Waals surface area (Å²) in [6.07, 6.45) is 3.04. The van der Waals surface area contributed by atoms with Crippen LogP contribution in [0.3, 0.4) is 0 Å². The lowest BCUT2D eigenvalue weighted by Gasteiger charge is -2.37. The van der Waals surface area contributed by atoms with E-state index >= 15 is 0 Å². The number of nitrogens with zero attached hydrogens (tertiary/aromatic N) is 5. The van der Waals surface area contributed by atoms with Crippen LogP contribution < -0.4 is 10.2 Å². The van der Waals surface area contributed by atoms with E-state index in [0.717, 1.165) is 51.0 Å². The van der Waals surface area contributed by atoms with Gasteiger partial charge in [-0.3, -0.25) is 4.99 Å². The molecule has 2 heterocycles. The van der Waals surface area contributed by atoms with Crippen LogP contribution in [-0.4, -0.2) is 80.1 Å². The molecule has 1 N–H and O–H groups in total. The maximum Gasteiger partial charge on any atom is 0.193 e. The smallest absolute Gasteiger partial charge is 0.193 e. The number of nitrogens with one attached hydrogen (secondary N) is 1. The minimum absolute atomic E-state index is 0. The van der Waals surface area contributed by atoms with Gasteiger partial charge in [0.1, 0.15) is 5.82 Å². The highest BCUT2D eigenvalue weighted by atomic mass is 127. The van der Waals surface area contributed by atoms with Crippen LogP contribution in [0.4, 0.5) is 5.82 Å². The summed E-state index contributed by atoms with van der Waals surface area (Å²) in [6, 6.07) is 6.70. The average molecular weight is 460 g/mol. The molecule has 25 heavy (non-hydrogen) atoms. The van der Waals surface area contributed by atoms with Crippen molar-refractivity contribution in [3.8, 4) is 0 Å². The molecule has 0 aliphatic carbocycles. The van der Waals surface area contributed by atoms with Crippen LogP contribution in [0.15, 0.2) is 29.4 Å². The largest absolute Gasteiger partial charge is 0.355 e. The summed E-state index contributed by atoms with van der Waals surface area (Å²) in [6.45, 7) is 10.3. The Morgan fingerprint density at radius 3 is 2.60 bits per heavy atom. The lowest BCUT2D eigenvalue weighted by molar-refractivity contribution is 0.254. The van der Waals surface area contributed by atoms with Crippen LogP contribution in [0, 0.1) is 0 Å². The summed E-state index contributed by atoms with van der Waals surface area (Å²) in [5.74, 6) is 2.07. The quantitative estimate of drug-likeness (QED) is 0.401. The molecular formula is C18H33IN6. The predicted molar refractivity (Wildman–Crippen MR) is 117 cm³/mol. The second-order valence-corrected chi connectivity index (χ2v) is 6.37. The van der Waals surface area contributed by atoms with Gasteiger partial charge < -0.3 is 20.0 Å². The third-order valence-corrected chi connectivity index (χ3v) is 4.86. The summed E-state index contributed by atoms with van der Waals surface area (Å²) in [5.41, 5.74) is 0. The highest BCUT2D eigenvalue weighted by molar-refractivity contribution is 14.0. The van der Waals surface area contributed by atoms with E-state index in [1.54, 1.807) is 0 Å². The Bertz CT molecular complexity index is 502. The van der Waals surface area contributed by atoms with Crippen molar-refractivity contribution in [2.45, 2.75) is 26.3 Å². The lowest BCUT2D eigenvalue weighted by atomic mass is 10.2. The molecule has 6 nitrogen and oxygen atoms in total. The molecule has 1 unspecified atom stereocenters. The van der Waals surface area contributed by atoms with Gasteiger partial charge in [-0.1, -0.05) is 13.0 Å². The van der Waals surface area contributed by atoms with E-state index in [0.29, 0.717) is 6.04 Å². The molecule has 1 fully saturated rings. The summed E-state index contributed by atoms with van der Waals surface area (Å²) < 4.78 is 0. The van der Waals surface area contributed by atoms with Crippen LogP contribution in [-0.2, 0) is 0 Å². The molecule has 142 valence electrons. The van der Waals surface area contributed by atoms with E-state index in [1.165, 1.54) is 6.42 Å². The summed E-state index contributed by atoms with van der Waals surface area (Å²) >= 11 is 0. The van der Waals surface area contributed by atoms with Crippen molar-refractivity contribution < 1.29 is 0 Å². The Labute approximate surface area is 169 Å². The molecule has 1 aliphatic rings. The number of halogens is 1. The first-order chi connectivity index (χ1) is 11.7. The highest BCUT2D eigenvalue weighted by Gasteiger charge is 2.20. The van der Waals surface area contributed by atoms with Gasteiger partial charge in [-0.15, -0.1) is 24.0 Å². The number of piperazine rings is 1. The zero-order valence-electron chi connectivity index (χ0n) is 16.0. The van der Waals surface area contributed by atoms with E-state index in [2.05, 4.69) is 57.0 Å². The third kappa shape index (κ3) is 6.62. The van der Waals surface area contributed by atoms with Gasteiger partial charge in [-0.05, 0) is 32.5 Å². The number of anilines is 1. The normalized spacial score (nSPS) is 16.6. The first kappa shape index (κ1) is 22.0. The van der Waals surface area contributed by atoms with Crippen LogP contribution >= 0.6 is 24.0 Å². The first-order valence-electron chi connectivity index (χ1n) is 8.97. The number of hydrogen-bond acceptors (Lipinski definition) is 4. The second kappa shape index (κ2) is 11.5. The van der Waals surface area contributed by atoms with Crippen molar-refractivity contribution >= 4 is 35.8 Å². The number of aliphatic imine (C=N–C) groups is 1. The zero-order chi connectivity index (χ0) is 17.4. The van der Waals surface area contributed by atoms with Gasteiger partial charge in [0, 0.05) is 58.6 Å². The maximum atomic E-state index is 4.45. The Kier molecular flexibility index (Phi) is 10.1. The van der Waals surface area contributed by atoms with Crippen molar-refractivity contribution in [1.82, 2.24) is 20.1 Å². The van der Waals surface area contributed by atoms with Gasteiger partial charge in [0.2, 0.25) is 0 Å². The molecule has 0 aromatic carbocycles. The molecule has 1 saturated heterocycles. The molecular weight excluding hydrogens is 427 g/mol. The average Bonchev–Trinajstić information content (AvgIpc) is 2.65. The number of hydrogen-bond donors (Lipinski definition) is 1. The van der Waals surface area contributed by atoms with Gasteiger partial charge in [0.25, 0.3) is 0 Å². The summed E-state index contributed by atoms with van der Waals surface area (Å²) in [5, 5.41) is 3.50. The number of rotatable bonds is 6. The fourth-order valence-corrected chi connectivity index (χ4v) is 2.90. The molecule has 0 bridgehead atoms. The fourth-order valence-electron chi connectivity index (χ4n) is 2.90.